The molecule has 2 aromatic rings. The van der Waals surface area contributed by atoms with E-state index in [1.807, 2.05) is 24.3 Å². The molecule has 0 bridgehead atoms. The van der Waals surface area contributed by atoms with Crippen LogP contribution in [0.2, 0.25) is 0 Å². The number of aliphatic hydroxyl groups is 1. The highest BCUT2D eigenvalue weighted by Gasteiger charge is 2.13. The van der Waals surface area contributed by atoms with Gasteiger partial charge in [0.2, 0.25) is 0 Å². The van der Waals surface area contributed by atoms with E-state index in [-0.39, 0.29) is 12.5 Å². The van der Waals surface area contributed by atoms with Crippen LogP contribution in [0, 0.1) is 0 Å². The van der Waals surface area contributed by atoms with Crippen LogP contribution in [0.4, 0.5) is 0 Å². The second-order valence-corrected chi connectivity index (χ2v) is 6.00. The molecule has 0 saturated heterocycles. The van der Waals surface area contributed by atoms with Gasteiger partial charge < -0.3 is 5.11 Å². The first-order valence-corrected chi connectivity index (χ1v) is 7.41. The zero-order valence-electron chi connectivity index (χ0n) is 9.81. The quantitative estimate of drug-likeness (QED) is 0.826. The summed E-state index contributed by atoms with van der Waals surface area (Å²) in [6, 6.07) is 16.6. The molecule has 0 radical (unpaired) electrons. The van der Waals surface area contributed by atoms with Gasteiger partial charge in [0.05, 0.1) is 0 Å². The van der Waals surface area contributed by atoms with Crippen LogP contribution in [0.1, 0.15) is 23.5 Å². The summed E-state index contributed by atoms with van der Waals surface area (Å²) in [5, 5.41) is 9.25. The molecular formula is C15H14Br2O. The fourth-order valence-corrected chi connectivity index (χ4v) is 2.57. The average Bonchev–Trinajstić information content (AvgIpc) is 2.39. The Kier molecular flexibility index (Phi) is 4.98. The first kappa shape index (κ1) is 13.8. The first-order chi connectivity index (χ1) is 8.70. The van der Waals surface area contributed by atoms with E-state index in [9.17, 15) is 5.11 Å². The lowest BCUT2D eigenvalue weighted by Crippen LogP contribution is -2.03. The lowest BCUT2D eigenvalue weighted by Gasteiger charge is -2.17. The van der Waals surface area contributed by atoms with Gasteiger partial charge in [-0.1, -0.05) is 56.1 Å². The predicted octanol–water partition coefficient (Wildman–Crippen LogP) is 4.73. The van der Waals surface area contributed by atoms with Gasteiger partial charge in [-0.3, -0.25) is 0 Å². The summed E-state index contributed by atoms with van der Waals surface area (Å²) in [7, 11) is 0. The Labute approximate surface area is 124 Å². The third-order valence-electron chi connectivity index (χ3n) is 2.96. The molecule has 0 unspecified atom stereocenters. The second-order valence-electron chi connectivity index (χ2n) is 4.17. The summed E-state index contributed by atoms with van der Waals surface area (Å²) >= 11 is 6.89. The van der Waals surface area contributed by atoms with E-state index in [1.165, 1.54) is 11.1 Å². The molecule has 1 nitrogen and oxygen atoms in total. The van der Waals surface area contributed by atoms with Crippen molar-refractivity contribution >= 4 is 31.9 Å². The van der Waals surface area contributed by atoms with Crippen molar-refractivity contribution in [2.45, 2.75) is 12.3 Å². The second kappa shape index (κ2) is 6.50. The molecule has 0 fully saturated rings. The van der Waals surface area contributed by atoms with Gasteiger partial charge in [-0.2, -0.15) is 0 Å². The van der Waals surface area contributed by atoms with Crippen LogP contribution >= 0.6 is 31.9 Å². The number of hydrogen-bond donors (Lipinski definition) is 1. The molecule has 0 aliphatic carbocycles. The summed E-state index contributed by atoms with van der Waals surface area (Å²) in [6.07, 6.45) is 0.739. The van der Waals surface area contributed by atoms with E-state index in [1.54, 1.807) is 0 Å². The molecule has 2 aromatic carbocycles. The van der Waals surface area contributed by atoms with Gasteiger partial charge in [-0.25, -0.2) is 0 Å². The molecule has 94 valence electrons. The van der Waals surface area contributed by atoms with Crippen LogP contribution in [0.3, 0.4) is 0 Å². The molecule has 2 rings (SSSR count). The summed E-state index contributed by atoms with van der Waals surface area (Å²) in [5.74, 6) is 0.246. The Morgan fingerprint density at radius 2 is 1.17 bits per heavy atom. The van der Waals surface area contributed by atoms with Crippen molar-refractivity contribution in [1.29, 1.82) is 0 Å². The molecule has 0 aromatic heterocycles. The summed E-state index contributed by atoms with van der Waals surface area (Å²) in [4.78, 5) is 0. The molecular weight excluding hydrogens is 356 g/mol. The third-order valence-corrected chi connectivity index (χ3v) is 4.02. The number of halogens is 2. The smallest absolute Gasteiger partial charge is 0.0440 e. The van der Waals surface area contributed by atoms with Gasteiger partial charge in [-0.15, -0.1) is 0 Å². The Hall–Kier alpha value is -0.640. The number of rotatable bonds is 4. The highest BCUT2D eigenvalue weighted by Crippen LogP contribution is 2.29. The van der Waals surface area contributed by atoms with E-state index in [0.29, 0.717) is 0 Å². The molecule has 0 heterocycles. The molecule has 3 heteroatoms. The zero-order chi connectivity index (χ0) is 13.0. The van der Waals surface area contributed by atoms with Gasteiger partial charge in [0.25, 0.3) is 0 Å². The highest BCUT2D eigenvalue weighted by molar-refractivity contribution is 9.10. The number of benzene rings is 2. The van der Waals surface area contributed by atoms with Crippen LogP contribution in [-0.2, 0) is 0 Å². The predicted molar refractivity (Wildman–Crippen MR) is 81.8 cm³/mol. The maximum absolute atomic E-state index is 9.25. The number of aliphatic hydroxyl groups excluding tert-OH is 1. The molecule has 0 atom stereocenters. The van der Waals surface area contributed by atoms with Crippen molar-refractivity contribution in [3.05, 3.63) is 68.6 Å². The minimum Gasteiger partial charge on any atom is -0.396 e. The van der Waals surface area contributed by atoms with Crippen LogP contribution in [-0.4, -0.2) is 11.7 Å². The van der Waals surface area contributed by atoms with Crippen LogP contribution < -0.4 is 0 Å². The molecule has 0 aliphatic heterocycles. The topological polar surface area (TPSA) is 20.2 Å². The Bertz CT molecular complexity index is 445. The molecule has 1 N–H and O–H groups in total. The molecule has 0 spiro atoms. The summed E-state index contributed by atoms with van der Waals surface area (Å²) in [6.45, 7) is 0.191. The average molecular weight is 370 g/mol. The van der Waals surface area contributed by atoms with E-state index in [2.05, 4.69) is 56.1 Å². The monoisotopic (exact) mass is 368 g/mol. The van der Waals surface area contributed by atoms with Crippen LogP contribution in [0.25, 0.3) is 0 Å². The Morgan fingerprint density at radius 1 is 0.778 bits per heavy atom. The largest absolute Gasteiger partial charge is 0.396 e. The number of hydrogen-bond acceptors (Lipinski definition) is 1. The minimum atomic E-state index is 0.191. The Balaban J connectivity index is 2.33. The van der Waals surface area contributed by atoms with Gasteiger partial charge >= 0.3 is 0 Å². The highest BCUT2D eigenvalue weighted by atomic mass is 79.9. The zero-order valence-corrected chi connectivity index (χ0v) is 13.0. The molecule has 0 saturated carbocycles. The normalized spacial score (nSPS) is 10.9. The summed E-state index contributed by atoms with van der Waals surface area (Å²) in [5.41, 5.74) is 2.46. The maximum Gasteiger partial charge on any atom is 0.0440 e. The SMILES string of the molecule is OCCC(c1ccc(Br)cc1)c1ccc(Br)cc1. The molecule has 18 heavy (non-hydrogen) atoms. The van der Waals surface area contributed by atoms with Crippen LogP contribution in [0.15, 0.2) is 57.5 Å². The van der Waals surface area contributed by atoms with Gasteiger partial charge in [0, 0.05) is 21.5 Å². The third kappa shape index (κ3) is 3.44. The lowest BCUT2D eigenvalue weighted by atomic mass is 9.89. The lowest BCUT2D eigenvalue weighted by molar-refractivity contribution is 0.281. The van der Waals surface area contributed by atoms with Crippen molar-refractivity contribution in [3.63, 3.8) is 0 Å². The van der Waals surface area contributed by atoms with Gasteiger partial charge in [0.15, 0.2) is 0 Å². The first-order valence-electron chi connectivity index (χ1n) is 5.82. The van der Waals surface area contributed by atoms with Gasteiger partial charge in [-0.05, 0) is 41.8 Å². The van der Waals surface area contributed by atoms with Crippen LogP contribution in [0.5, 0.6) is 0 Å². The van der Waals surface area contributed by atoms with E-state index in [4.69, 9.17) is 0 Å². The van der Waals surface area contributed by atoms with E-state index < -0.39 is 0 Å². The van der Waals surface area contributed by atoms with Crippen molar-refractivity contribution in [2.24, 2.45) is 0 Å². The fraction of sp³-hybridized carbons (Fsp3) is 0.200. The standard InChI is InChI=1S/C15H14Br2O/c16-13-5-1-11(2-6-13)15(9-10-18)12-3-7-14(17)8-4-12/h1-8,15,18H,9-10H2. The van der Waals surface area contributed by atoms with Gasteiger partial charge in [0.1, 0.15) is 0 Å². The fourth-order valence-electron chi connectivity index (χ4n) is 2.05. The van der Waals surface area contributed by atoms with Crippen molar-refractivity contribution < 1.29 is 5.11 Å². The summed E-state index contributed by atoms with van der Waals surface area (Å²) < 4.78 is 2.15. The van der Waals surface area contributed by atoms with Crippen molar-refractivity contribution in [3.8, 4) is 0 Å². The van der Waals surface area contributed by atoms with E-state index in [0.717, 1.165) is 15.4 Å². The molecule has 0 aliphatic rings. The molecule has 0 amide bonds. The maximum atomic E-state index is 9.25. The van der Waals surface area contributed by atoms with Crippen molar-refractivity contribution in [1.82, 2.24) is 0 Å². The van der Waals surface area contributed by atoms with E-state index >= 15 is 0 Å². The Morgan fingerprint density at radius 3 is 1.50 bits per heavy atom. The van der Waals surface area contributed by atoms with Crippen molar-refractivity contribution in [2.75, 3.05) is 6.61 Å². The minimum absolute atomic E-state index is 0.191.